The third-order valence-electron chi connectivity index (χ3n) is 5.92. The number of pyridine rings is 1. The van der Waals surface area contributed by atoms with Gasteiger partial charge >= 0.3 is 0 Å². The molecule has 2 unspecified atom stereocenters. The van der Waals surface area contributed by atoms with Gasteiger partial charge in [0, 0.05) is 18.3 Å². The standard InChI is InChI=1S/C23H35FN4O2S/c1-3-5-7-17(6-4-2)14-20(23(30)26-21-11-8-18(24)15-25-21)28-13-12-27(16-22(28)29)31-19-9-10-19/h8,11,15,17,19-20H,3-7,9-10,12-14,16H2,1-2H3,(H,25,26,30). The van der Waals surface area contributed by atoms with Gasteiger partial charge in [0.25, 0.3) is 0 Å². The van der Waals surface area contributed by atoms with Crippen LogP contribution in [0.1, 0.15) is 65.2 Å². The summed E-state index contributed by atoms with van der Waals surface area (Å²) >= 11 is 1.79. The van der Waals surface area contributed by atoms with Crippen molar-refractivity contribution in [2.24, 2.45) is 5.92 Å². The molecule has 0 radical (unpaired) electrons. The van der Waals surface area contributed by atoms with Crippen LogP contribution in [-0.2, 0) is 9.59 Å². The van der Waals surface area contributed by atoms with Crippen molar-refractivity contribution in [1.29, 1.82) is 0 Å². The molecule has 1 aromatic rings. The molecule has 1 saturated carbocycles. The Morgan fingerprint density at radius 3 is 2.68 bits per heavy atom. The van der Waals surface area contributed by atoms with E-state index in [4.69, 9.17) is 0 Å². The molecule has 0 spiro atoms. The summed E-state index contributed by atoms with van der Waals surface area (Å²) in [6, 6.07) is 2.20. The zero-order valence-electron chi connectivity index (χ0n) is 18.7. The molecular formula is C23H35FN4O2S. The number of nitrogens with one attached hydrogen (secondary N) is 1. The Morgan fingerprint density at radius 2 is 2.06 bits per heavy atom. The highest BCUT2D eigenvalue weighted by Crippen LogP contribution is 2.37. The molecule has 8 heteroatoms. The Morgan fingerprint density at radius 1 is 1.26 bits per heavy atom. The predicted molar refractivity (Wildman–Crippen MR) is 123 cm³/mol. The second-order valence-corrected chi connectivity index (χ2v) is 10.0. The van der Waals surface area contributed by atoms with Gasteiger partial charge in [-0.05, 0) is 37.3 Å². The highest BCUT2D eigenvalue weighted by molar-refractivity contribution is 7.97. The molecule has 31 heavy (non-hydrogen) atoms. The first-order valence-electron chi connectivity index (χ1n) is 11.6. The predicted octanol–water partition coefficient (Wildman–Crippen LogP) is 4.48. The Kier molecular flexibility index (Phi) is 9.14. The van der Waals surface area contributed by atoms with E-state index in [1.54, 1.807) is 16.8 Å². The number of hydrogen-bond acceptors (Lipinski definition) is 5. The fourth-order valence-corrected chi connectivity index (χ4v) is 5.24. The van der Waals surface area contributed by atoms with E-state index in [0.29, 0.717) is 36.5 Å². The van der Waals surface area contributed by atoms with E-state index >= 15 is 0 Å². The molecule has 1 saturated heterocycles. The summed E-state index contributed by atoms with van der Waals surface area (Å²) in [7, 11) is 0. The van der Waals surface area contributed by atoms with Gasteiger partial charge in [-0.15, -0.1) is 0 Å². The van der Waals surface area contributed by atoms with Crippen LogP contribution >= 0.6 is 11.9 Å². The fourth-order valence-electron chi connectivity index (χ4n) is 4.10. The largest absolute Gasteiger partial charge is 0.328 e. The Labute approximate surface area is 189 Å². The van der Waals surface area contributed by atoms with Gasteiger partial charge in [0.05, 0.1) is 12.7 Å². The van der Waals surface area contributed by atoms with Gasteiger partial charge in [-0.3, -0.25) is 9.59 Å². The van der Waals surface area contributed by atoms with Gasteiger partial charge in [0.1, 0.15) is 17.7 Å². The first-order valence-corrected chi connectivity index (χ1v) is 12.5. The van der Waals surface area contributed by atoms with Crippen molar-refractivity contribution >= 4 is 29.6 Å². The summed E-state index contributed by atoms with van der Waals surface area (Å²) in [5.41, 5.74) is 0. The topological polar surface area (TPSA) is 65.5 Å². The van der Waals surface area contributed by atoms with Crippen LogP contribution in [0.15, 0.2) is 18.3 Å². The maximum atomic E-state index is 13.3. The quantitative estimate of drug-likeness (QED) is 0.476. The number of carbonyl (C=O) groups is 2. The van der Waals surface area contributed by atoms with Crippen molar-refractivity contribution in [2.45, 2.75) is 76.5 Å². The number of carbonyl (C=O) groups excluding carboxylic acids is 2. The van der Waals surface area contributed by atoms with E-state index in [2.05, 4.69) is 28.5 Å². The molecule has 3 rings (SSSR count). The third kappa shape index (κ3) is 7.45. The number of rotatable bonds is 12. The summed E-state index contributed by atoms with van der Waals surface area (Å²) in [5, 5.41) is 3.47. The zero-order valence-corrected chi connectivity index (χ0v) is 19.5. The van der Waals surface area contributed by atoms with Crippen molar-refractivity contribution in [1.82, 2.24) is 14.2 Å². The molecule has 2 fully saturated rings. The molecule has 2 aliphatic rings. The van der Waals surface area contributed by atoms with Gasteiger partial charge < -0.3 is 10.2 Å². The number of unbranched alkanes of at least 4 members (excludes halogenated alkanes) is 1. The van der Waals surface area contributed by atoms with E-state index in [1.807, 2.05) is 0 Å². The molecule has 1 aromatic heterocycles. The Bertz CT molecular complexity index is 729. The SMILES string of the molecule is CCCCC(CCC)CC(C(=O)Nc1ccc(F)cn1)N1CCN(SC2CC2)CC1=O. The summed E-state index contributed by atoms with van der Waals surface area (Å²) in [5.74, 6) is 0.0446. The Balaban J connectivity index is 1.71. The number of anilines is 1. The van der Waals surface area contributed by atoms with Crippen LogP contribution in [-0.4, -0.2) is 56.9 Å². The third-order valence-corrected chi connectivity index (χ3v) is 7.30. The van der Waals surface area contributed by atoms with E-state index in [-0.39, 0.29) is 11.8 Å². The van der Waals surface area contributed by atoms with Gasteiger partial charge in [-0.2, -0.15) is 0 Å². The van der Waals surface area contributed by atoms with Crippen LogP contribution in [0, 0.1) is 11.7 Å². The number of aromatic nitrogens is 1. The van der Waals surface area contributed by atoms with Gasteiger partial charge in [0.15, 0.2) is 0 Å². The van der Waals surface area contributed by atoms with Crippen molar-refractivity contribution in [2.75, 3.05) is 25.0 Å². The number of halogens is 1. The Hall–Kier alpha value is -1.67. The summed E-state index contributed by atoms with van der Waals surface area (Å²) in [6.45, 7) is 6.02. The van der Waals surface area contributed by atoms with Crippen molar-refractivity contribution < 1.29 is 14.0 Å². The average molecular weight is 451 g/mol. The molecule has 1 aliphatic heterocycles. The van der Waals surface area contributed by atoms with Gasteiger partial charge in [-0.1, -0.05) is 57.9 Å². The summed E-state index contributed by atoms with van der Waals surface area (Å²) < 4.78 is 15.3. The summed E-state index contributed by atoms with van der Waals surface area (Å²) in [6.07, 6.45) is 9.61. The minimum absolute atomic E-state index is 0.0114. The van der Waals surface area contributed by atoms with Crippen LogP contribution < -0.4 is 5.32 Å². The van der Waals surface area contributed by atoms with E-state index in [9.17, 15) is 14.0 Å². The molecular weight excluding hydrogens is 415 g/mol. The lowest BCUT2D eigenvalue weighted by atomic mass is 9.89. The smallest absolute Gasteiger partial charge is 0.248 e. The van der Waals surface area contributed by atoms with Crippen LogP contribution in [0.2, 0.25) is 0 Å². The fraction of sp³-hybridized carbons (Fsp3) is 0.696. The lowest BCUT2D eigenvalue weighted by molar-refractivity contribution is -0.141. The molecule has 0 bridgehead atoms. The van der Waals surface area contributed by atoms with E-state index < -0.39 is 11.9 Å². The number of nitrogens with zero attached hydrogens (tertiary/aromatic N) is 3. The molecule has 6 nitrogen and oxygen atoms in total. The van der Waals surface area contributed by atoms with Crippen molar-refractivity contribution in [3.05, 3.63) is 24.1 Å². The maximum absolute atomic E-state index is 13.3. The number of piperazine rings is 1. The minimum atomic E-state index is -0.527. The first kappa shape index (κ1) is 24.0. The lowest BCUT2D eigenvalue weighted by Crippen LogP contribution is -2.56. The molecule has 2 atom stereocenters. The molecule has 172 valence electrons. The number of amides is 2. The molecule has 2 amide bonds. The highest BCUT2D eigenvalue weighted by atomic mass is 32.2. The second-order valence-electron chi connectivity index (χ2n) is 8.65. The lowest BCUT2D eigenvalue weighted by Gasteiger charge is -2.39. The van der Waals surface area contributed by atoms with Crippen LogP contribution in [0.3, 0.4) is 0 Å². The first-order chi connectivity index (χ1) is 15.0. The van der Waals surface area contributed by atoms with Crippen LogP contribution in [0.25, 0.3) is 0 Å². The average Bonchev–Trinajstić information content (AvgIpc) is 3.56. The molecule has 1 N–H and O–H groups in total. The van der Waals surface area contributed by atoms with Crippen molar-refractivity contribution in [3.8, 4) is 0 Å². The van der Waals surface area contributed by atoms with Gasteiger partial charge in [-0.25, -0.2) is 13.7 Å². The van der Waals surface area contributed by atoms with Crippen molar-refractivity contribution in [3.63, 3.8) is 0 Å². The molecule has 2 heterocycles. The minimum Gasteiger partial charge on any atom is -0.328 e. The maximum Gasteiger partial charge on any atom is 0.248 e. The summed E-state index contributed by atoms with van der Waals surface area (Å²) in [4.78, 5) is 32.0. The zero-order chi connectivity index (χ0) is 22.2. The second kappa shape index (κ2) is 11.8. The van der Waals surface area contributed by atoms with Gasteiger partial charge in [0.2, 0.25) is 11.8 Å². The highest BCUT2D eigenvalue weighted by Gasteiger charge is 2.37. The normalized spacial score (nSPS) is 19.3. The van der Waals surface area contributed by atoms with E-state index in [0.717, 1.165) is 44.8 Å². The monoisotopic (exact) mass is 450 g/mol. The number of hydrogen-bond donors (Lipinski definition) is 1. The van der Waals surface area contributed by atoms with Crippen LogP contribution in [0.4, 0.5) is 10.2 Å². The molecule has 0 aromatic carbocycles. The van der Waals surface area contributed by atoms with Crippen LogP contribution in [0.5, 0.6) is 0 Å². The van der Waals surface area contributed by atoms with E-state index in [1.165, 1.54) is 25.0 Å². The molecule has 1 aliphatic carbocycles.